The molecule has 0 bridgehead atoms. The molecule has 3 nitrogen and oxygen atoms in total. The van der Waals surface area contributed by atoms with Gasteiger partial charge in [0, 0.05) is 0 Å². The van der Waals surface area contributed by atoms with Crippen molar-refractivity contribution >= 4 is 5.97 Å². The van der Waals surface area contributed by atoms with Gasteiger partial charge in [0.1, 0.15) is 11.6 Å². The second-order valence-corrected chi connectivity index (χ2v) is 5.44. The van der Waals surface area contributed by atoms with Gasteiger partial charge in [-0.1, -0.05) is 13.8 Å². The molecule has 94 valence electrons. The van der Waals surface area contributed by atoms with E-state index in [9.17, 15) is 4.79 Å². The van der Waals surface area contributed by atoms with Crippen molar-refractivity contribution in [1.82, 2.24) is 5.32 Å². The van der Waals surface area contributed by atoms with Crippen LogP contribution in [0.25, 0.3) is 0 Å². The Morgan fingerprint density at radius 1 is 1.31 bits per heavy atom. The summed E-state index contributed by atoms with van der Waals surface area (Å²) in [6, 6.07) is 0. The summed E-state index contributed by atoms with van der Waals surface area (Å²) in [5, 5.41) is 3.15. The lowest BCUT2D eigenvalue weighted by atomic mass is 9.89. The van der Waals surface area contributed by atoms with Crippen molar-refractivity contribution in [2.45, 2.75) is 65.0 Å². The molecule has 3 heteroatoms. The molecule has 1 N–H and O–H groups in total. The maximum absolute atomic E-state index is 11.9. The van der Waals surface area contributed by atoms with Crippen molar-refractivity contribution in [3.05, 3.63) is 0 Å². The van der Waals surface area contributed by atoms with Gasteiger partial charge in [0.2, 0.25) is 0 Å². The molecule has 0 saturated heterocycles. The molecule has 1 aliphatic rings. The summed E-state index contributed by atoms with van der Waals surface area (Å²) < 4.78 is 5.56. The molecule has 1 saturated carbocycles. The Kier molecular flexibility index (Phi) is 4.78. The third-order valence-electron chi connectivity index (χ3n) is 3.37. The second-order valence-electron chi connectivity index (χ2n) is 5.44. The van der Waals surface area contributed by atoms with E-state index >= 15 is 0 Å². The maximum Gasteiger partial charge on any atom is 0.326 e. The van der Waals surface area contributed by atoms with Crippen molar-refractivity contribution in [1.29, 1.82) is 0 Å². The van der Waals surface area contributed by atoms with E-state index in [-0.39, 0.29) is 12.1 Å². The van der Waals surface area contributed by atoms with Gasteiger partial charge in [0.05, 0.1) is 0 Å². The lowest BCUT2D eigenvalue weighted by Gasteiger charge is -2.30. The smallest absolute Gasteiger partial charge is 0.326 e. The van der Waals surface area contributed by atoms with Gasteiger partial charge in [0.25, 0.3) is 0 Å². The van der Waals surface area contributed by atoms with Gasteiger partial charge >= 0.3 is 5.97 Å². The average Bonchev–Trinajstić information content (AvgIpc) is 2.21. The van der Waals surface area contributed by atoms with Gasteiger partial charge in [-0.25, -0.2) is 0 Å². The van der Waals surface area contributed by atoms with E-state index in [1.807, 2.05) is 20.8 Å². The van der Waals surface area contributed by atoms with Crippen LogP contribution in [-0.4, -0.2) is 24.2 Å². The van der Waals surface area contributed by atoms with Crippen LogP contribution in [0, 0.1) is 5.92 Å². The molecular weight excluding hydrogens is 202 g/mol. The minimum atomic E-state index is -0.558. The van der Waals surface area contributed by atoms with Crippen molar-refractivity contribution in [2.24, 2.45) is 5.92 Å². The lowest BCUT2D eigenvalue weighted by molar-refractivity contribution is -0.157. The fourth-order valence-corrected chi connectivity index (χ4v) is 2.16. The first-order chi connectivity index (χ1) is 7.45. The summed E-state index contributed by atoms with van der Waals surface area (Å²) >= 11 is 0. The van der Waals surface area contributed by atoms with Crippen molar-refractivity contribution in [3.63, 3.8) is 0 Å². The molecule has 0 unspecified atom stereocenters. The van der Waals surface area contributed by atoms with E-state index in [4.69, 9.17) is 4.74 Å². The molecule has 0 amide bonds. The summed E-state index contributed by atoms with van der Waals surface area (Å²) in [6.45, 7) is 8.80. The van der Waals surface area contributed by atoms with E-state index < -0.39 is 5.54 Å². The fraction of sp³-hybridized carbons (Fsp3) is 0.923. The molecule has 0 radical (unpaired) electrons. The van der Waals surface area contributed by atoms with Gasteiger partial charge in [-0.3, -0.25) is 4.79 Å². The zero-order valence-electron chi connectivity index (χ0n) is 11.0. The summed E-state index contributed by atoms with van der Waals surface area (Å²) in [4.78, 5) is 11.9. The standard InChI is InChI=1S/C13H25NO2/c1-5-14-13(3,4)12(15)16-11-8-6-10(2)7-9-11/h10-11,14H,5-9H2,1-4H3. The van der Waals surface area contributed by atoms with Crippen LogP contribution in [0.1, 0.15) is 53.4 Å². The summed E-state index contributed by atoms with van der Waals surface area (Å²) in [5.41, 5.74) is -0.558. The quantitative estimate of drug-likeness (QED) is 0.750. The minimum Gasteiger partial charge on any atom is -0.461 e. The van der Waals surface area contributed by atoms with Crippen LogP contribution in [-0.2, 0) is 9.53 Å². The van der Waals surface area contributed by atoms with Crippen LogP contribution in [0.4, 0.5) is 0 Å². The molecule has 0 aromatic carbocycles. The lowest BCUT2D eigenvalue weighted by Crippen LogP contribution is -2.48. The Morgan fingerprint density at radius 3 is 2.38 bits per heavy atom. The van der Waals surface area contributed by atoms with Crippen LogP contribution >= 0.6 is 0 Å². The van der Waals surface area contributed by atoms with Gasteiger partial charge in [-0.15, -0.1) is 0 Å². The number of esters is 1. The zero-order valence-corrected chi connectivity index (χ0v) is 11.0. The highest BCUT2D eigenvalue weighted by Gasteiger charge is 2.31. The van der Waals surface area contributed by atoms with Gasteiger partial charge in [-0.2, -0.15) is 0 Å². The highest BCUT2D eigenvalue weighted by molar-refractivity contribution is 5.79. The van der Waals surface area contributed by atoms with E-state index in [0.29, 0.717) is 0 Å². The Morgan fingerprint density at radius 2 is 1.88 bits per heavy atom. The number of carbonyl (C=O) groups is 1. The molecule has 1 rings (SSSR count). The normalized spacial score (nSPS) is 26.5. The molecule has 1 fully saturated rings. The van der Waals surface area contributed by atoms with E-state index in [2.05, 4.69) is 12.2 Å². The van der Waals surface area contributed by atoms with Crippen LogP contribution in [0.5, 0.6) is 0 Å². The molecular formula is C13H25NO2. The number of ether oxygens (including phenoxy) is 1. The first-order valence-corrected chi connectivity index (χ1v) is 6.41. The van der Waals surface area contributed by atoms with Crippen LogP contribution in [0.15, 0.2) is 0 Å². The van der Waals surface area contributed by atoms with E-state index in [1.165, 1.54) is 12.8 Å². The van der Waals surface area contributed by atoms with Gasteiger partial charge < -0.3 is 10.1 Å². The number of carbonyl (C=O) groups excluding carboxylic acids is 1. The Labute approximate surface area is 98.9 Å². The molecule has 1 aliphatic carbocycles. The number of nitrogens with one attached hydrogen (secondary N) is 1. The summed E-state index contributed by atoms with van der Waals surface area (Å²) in [5.74, 6) is 0.672. The molecule has 0 aliphatic heterocycles. The molecule has 0 spiro atoms. The summed E-state index contributed by atoms with van der Waals surface area (Å²) in [7, 11) is 0. The largest absolute Gasteiger partial charge is 0.461 e. The Bertz CT molecular complexity index is 230. The third-order valence-corrected chi connectivity index (χ3v) is 3.37. The summed E-state index contributed by atoms with van der Waals surface area (Å²) in [6.07, 6.45) is 4.55. The van der Waals surface area contributed by atoms with Crippen LogP contribution in [0.2, 0.25) is 0 Å². The second kappa shape index (κ2) is 5.67. The van der Waals surface area contributed by atoms with E-state index in [0.717, 1.165) is 25.3 Å². The van der Waals surface area contributed by atoms with Crippen molar-refractivity contribution in [2.75, 3.05) is 6.54 Å². The number of rotatable bonds is 4. The van der Waals surface area contributed by atoms with Crippen molar-refractivity contribution < 1.29 is 9.53 Å². The molecule has 16 heavy (non-hydrogen) atoms. The Balaban J connectivity index is 2.39. The average molecular weight is 227 g/mol. The number of likely N-dealkylation sites (N-methyl/N-ethyl adjacent to an activating group) is 1. The number of hydrogen-bond acceptors (Lipinski definition) is 3. The molecule has 0 atom stereocenters. The minimum absolute atomic E-state index is 0.117. The molecule has 0 aromatic heterocycles. The van der Waals surface area contributed by atoms with Gasteiger partial charge in [-0.05, 0) is 52.0 Å². The highest BCUT2D eigenvalue weighted by Crippen LogP contribution is 2.26. The maximum atomic E-state index is 11.9. The third kappa shape index (κ3) is 3.78. The Hall–Kier alpha value is -0.570. The zero-order chi connectivity index (χ0) is 12.2. The predicted octanol–water partition coefficient (Wildman–Crippen LogP) is 2.50. The first-order valence-electron chi connectivity index (χ1n) is 6.41. The molecule has 0 heterocycles. The first kappa shape index (κ1) is 13.5. The highest BCUT2D eigenvalue weighted by atomic mass is 16.5. The fourth-order valence-electron chi connectivity index (χ4n) is 2.16. The number of hydrogen-bond donors (Lipinski definition) is 1. The van der Waals surface area contributed by atoms with Gasteiger partial charge in [0.15, 0.2) is 0 Å². The van der Waals surface area contributed by atoms with E-state index in [1.54, 1.807) is 0 Å². The SMILES string of the molecule is CCNC(C)(C)C(=O)OC1CCC(C)CC1. The topological polar surface area (TPSA) is 38.3 Å². The van der Waals surface area contributed by atoms with Crippen LogP contribution in [0.3, 0.4) is 0 Å². The van der Waals surface area contributed by atoms with Crippen molar-refractivity contribution in [3.8, 4) is 0 Å². The monoisotopic (exact) mass is 227 g/mol. The molecule has 0 aromatic rings. The predicted molar refractivity (Wildman–Crippen MR) is 65.3 cm³/mol. The van der Waals surface area contributed by atoms with Crippen LogP contribution < -0.4 is 5.32 Å².